The molecule has 0 spiro atoms. The van der Waals surface area contributed by atoms with E-state index in [2.05, 4.69) is 4.98 Å². The highest BCUT2D eigenvalue weighted by Gasteiger charge is 2.41. The van der Waals surface area contributed by atoms with Crippen LogP contribution >= 0.6 is 23.1 Å². The number of piperidine rings is 1. The van der Waals surface area contributed by atoms with Gasteiger partial charge in [-0.3, -0.25) is 9.59 Å². The van der Waals surface area contributed by atoms with Gasteiger partial charge in [-0.15, -0.1) is 11.3 Å². The van der Waals surface area contributed by atoms with E-state index in [4.69, 9.17) is 0 Å². The first kappa shape index (κ1) is 14.8. The van der Waals surface area contributed by atoms with Crippen molar-refractivity contribution in [2.45, 2.75) is 30.1 Å². The minimum absolute atomic E-state index is 0.152. The first-order valence-corrected chi connectivity index (χ1v) is 8.99. The van der Waals surface area contributed by atoms with Crippen LogP contribution in [0.15, 0.2) is 9.72 Å². The highest BCUT2D eigenvalue weighted by Crippen LogP contribution is 2.32. The van der Waals surface area contributed by atoms with Gasteiger partial charge in [0.1, 0.15) is 0 Å². The fourth-order valence-corrected chi connectivity index (χ4v) is 4.80. The average Bonchev–Trinajstić information content (AvgIpc) is 3.01. The molecule has 2 aliphatic heterocycles. The predicted octanol–water partition coefficient (Wildman–Crippen LogP) is 1.62. The fraction of sp³-hybridized carbons (Fsp3) is 0.643. The SMILES string of the molecule is Cc1csc(SCC(=O)N2CC[C@@H]3CC(=O)N(C)[C@@H]3C2)n1. The molecule has 3 rings (SSSR count). The van der Waals surface area contributed by atoms with Crippen LogP contribution in [-0.4, -0.2) is 58.5 Å². The number of hydrogen-bond donors (Lipinski definition) is 0. The van der Waals surface area contributed by atoms with Crippen molar-refractivity contribution < 1.29 is 9.59 Å². The number of hydrogen-bond acceptors (Lipinski definition) is 5. The van der Waals surface area contributed by atoms with Crippen LogP contribution in [0.25, 0.3) is 0 Å². The van der Waals surface area contributed by atoms with Gasteiger partial charge in [-0.1, -0.05) is 11.8 Å². The minimum atomic E-state index is 0.152. The summed E-state index contributed by atoms with van der Waals surface area (Å²) in [5, 5.41) is 2.00. The van der Waals surface area contributed by atoms with E-state index in [0.717, 1.165) is 23.0 Å². The van der Waals surface area contributed by atoms with Crippen LogP contribution in [0, 0.1) is 12.8 Å². The van der Waals surface area contributed by atoms with E-state index in [1.165, 1.54) is 11.8 Å². The minimum Gasteiger partial charge on any atom is -0.341 e. The van der Waals surface area contributed by atoms with E-state index >= 15 is 0 Å². The Labute approximate surface area is 132 Å². The van der Waals surface area contributed by atoms with Gasteiger partial charge in [-0.05, 0) is 19.3 Å². The van der Waals surface area contributed by atoms with Crippen molar-refractivity contribution in [1.82, 2.24) is 14.8 Å². The summed E-state index contributed by atoms with van der Waals surface area (Å²) in [5.74, 6) is 1.23. The number of rotatable bonds is 3. The lowest BCUT2D eigenvalue weighted by atomic mass is 9.92. The monoisotopic (exact) mass is 325 g/mol. The number of aromatic nitrogens is 1. The van der Waals surface area contributed by atoms with Crippen molar-refractivity contribution in [2.24, 2.45) is 5.92 Å². The van der Waals surface area contributed by atoms with Crippen molar-refractivity contribution in [3.63, 3.8) is 0 Å². The summed E-state index contributed by atoms with van der Waals surface area (Å²) in [5.41, 5.74) is 1.00. The number of fused-ring (bicyclic) bond motifs is 1. The van der Waals surface area contributed by atoms with Crippen LogP contribution in [0.2, 0.25) is 0 Å². The molecular weight excluding hydrogens is 306 g/mol. The molecule has 2 saturated heterocycles. The maximum atomic E-state index is 12.3. The van der Waals surface area contributed by atoms with Crippen LogP contribution in [-0.2, 0) is 9.59 Å². The van der Waals surface area contributed by atoms with Gasteiger partial charge in [-0.25, -0.2) is 4.98 Å². The average molecular weight is 325 g/mol. The fourth-order valence-electron chi connectivity index (χ4n) is 3.05. The van der Waals surface area contributed by atoms with Crippen LogP contribution in [0.3, 0.4) is 0 Å². The third kappa shape index (κ3) is 3.08. The van der Waals surface area contributed by atoms with Gasteiger partial charge in [0, 0.05) is 37.6 Å². The second-order valence-electron chi connectivity index (χ2n) is 5.71. The summed E-state index contributed by atoms with van der Waals surface area (Å²) in [6.45, 7) is 3.42. The van der Waals surface area contributed by atoms with Crippen molar-refractivity contribution >= 4 is 34.9 Å². The van der Waals surface area contributed by atoms with Gasteiger partial charge >= 0.3 is 0 Å². The maximum Gasteiger partial charge on any atom is 0.233 e. The number of likely N-dealkylation sites (N-methyl/N-ethyl adjacent to an activating group) is 1. The van der Waals surface area contributed by atoms with Gasteiger partial charge < -0.3 is 9.80 Å². The van der Waals surface area contributed by atoms with E-state index < -0.39 is 0 Å². The number of aryl methyl sites for hydroxylation is 1. The molecule has 5 nitrogen and oxygen atoms in total. The smallest absolute Gasteiger partial charge is 0.233 e. The van der Waals surface area contributed by atoms with Crippen molar-refractivity contribution in [2.75, 3.05) is 25.9 Å². The summed E-state index contributed by atoms with van der Waals surface area (Å²) in [6, 6.07) is 0.210. The summed E-state index contributed by atoms with van der Waals surface area (Å²) < 4.78 is 0.948. The zero-order valence-electron chi connectivity index (χ0n) is 12.2. The number of carbonyl (C=O) groups excluding carboxylic acids is 2. The largest absolute Gasteiger partial charge is 0.341 e. The van der Waals surface area contributed by atoms with Gasteiger partial charge in [0.05, 0.1) is 11.8 Å². The Kier molecular flexibility index (Phi) is 4.21. The molecule has 21 heavy (non-hydrogen) atoms. The predicted molar refractivity (Wildman–Crippen MR) is 83.4 cm³/mol. The molecule has 1 aromatic heterocycles. The first-order valence-electron chi connectivity index (χ1n) is 7.13. The van der Waals surface area contributed by atoms with Crippen LogP contribution in [0.5, 0.6) is 0 Å². The van der Waals surface area contributed by atoms with Crippen LogP contribution in [0.4, 0.5) is 0 Å². The molecule has 2 aliphatic rings. The molecule has 7 heteroatoms. The summed E-state index contributed by atoms with van der Waals surface area (Å²) in [6.07, 6.45) is 1.59. The molecule has 2 fully saturated rings. The molecule has 0 bridgehead atoms. The van der Waals surface area contributed by atoms with Crippen LogP contribution in [0.1, 0.15) is 18.5 Å². The Balaban J connectivity index is 1.55. The third-order valence-corrected chi connectivity index (χ3v) is 6.44. The van der Waals surface area contributed by atoms with Crippen molar-refractivity contribution in [1.29, 1.82) is 0 Å². The topological polar surface area (TPSA) is 53.5 Å². The highest BCUT2D eigenvalue weighted by molar-refractivity contribution is 8.01. The lowest BCUT2D eigenvalue weighted by molar-refractivity contribution is -0.132. The molecule has 0 aromatic carbocycles. The highest BCUT2D eigenvalue weighted by atomic mass is 32.2. The molecule has 0 saturated carbocycles. The molecule has 114 valence electrons. The van der Waals surface area contributed by atoms with Gasteiger partial charge in [0.25, 0.3) is 0 Å². The second kappa shape index (κ2) is 5.96. The Morgan fingerprint density at radius 2 is 2.38 bits per heavy atom. The molecule has 1 aromatic rings. The Bertz CT molecular complexity index is 560. The normalized spacial score (nSPS) is 25.3. The Morgan fingerprint density at radius 1 is 1.57 bits per heavy atom. The number of carbonyl (C=O) groups is 2. The molecule has 2 atom stereocenters. The second-order valence-corrected chi connectivity index (χ2v) is 7.79. The van der Waals surface area contributed by atoms with Crippen LogP contribution < -0.4 is 0 Å². The molecule has 0 N–H and O–H groups in total. The van der Waals surface area contributed by atoms with Gasteiger partial charge in [-0.2, -0.15) is 0 Å². The van der Waals surface area contributed by atoms with Gasteiger partial charge in [0.2, 0.25) is 11.8 Å². The maximum absolute atomic E-state index is 12.3. The van der Waals surface area contributed by atoms with E-state index in [9.17, 15) is 9.59 Å². The lowest BCUT2D eigenvalue weighted by Crippen LogP contribution is -2.50. The summed E-state index contributed by atoms with van der Waals surface area (Å²) in [7, 11) is 1.86. The molecule has 0 aliphatic carbocycles. The number of nitrogens with zero attached hydrogens (tertiary/aromatic N) is 3. The zero-order chi connectivity index (χ0) is 15.0. The number of thiazole rings is 1. The molecule has 2 amide bonds. The quantitative estimate of drug-likeness (QED) is 0.793. The Morgan fingerprint density at radius 3 is 3.10 bits per heavy atom. The lowest BCUT2D eigenvalue weighted by Gasteiger charge is -2.37. The number of amides is 2. The Hall–Kier alpha value is -1.08. The first-order chi connectivity index (χ1) is 10.0. The molecule has 0 unspecified atom stereocenters. The zero-order valence-corrected chi connectivity index (χ0v) is 13.9. The number of thioether (sulfide) groups is 1. The van der Waals surface area contributed by atoms with Crippen molar-refractivity contribution in [3.05, 3.63) is 11.1 Å². The van der Waals surface area contributed by atoms with E-state index in [-0.39, 0.29) is 17.9 Å². The molecule has 0 radical (unpaired) electrons. The molecule has 3 heterocycles. The van der Waals surface area contributed by atoms with E-state index in [0.29, 0.717) is 24.6 Å². The van der Waals surface area contributed by atoms with E-state index in [1.54, 1.807) is 11.3 Å². The number of likely N-dealkylation sites (tertiary alicyclic amines) is 2. The van der Waals surface area contributed by atoms with Crippen molar-refractivity contribution in [3.8, 4) is 0 Å². The standard InChI is InChI=1S/C14H19N3O2S2/c1-9-7-20-14(15-9)21-8-13(19)17-4-3-10-5-12(18)16(2)11(10)6-17/h7,10-11H,3-6,8H2,1-2H3/t10-,11-/m1/s1. The van der Waals surface area contributed by atoms with E-state index in [1.807, 2.05) is 29.2 Å². The van der Waals surface area contributed by atoms with Gasteiger partial charge in [0.15, 0.2) is 4.34 Å². The molecular formula is C14H19N3O2S2. The summed E-state index contributed by atoms with van der Waals surface area (Å²) >= 11 is 3.09. The third-order valence-electron chi connectivity index (χ3n) is 4.32. The summed E-state index contributed by atoms with van der Waals surface area (Å²) in [4.78, 5) is 32.2.